The van der Waals surface area contributed by atoms with Gasteiger partial charge >= 0.3 is 0 Å². The maximum absolute atomic E-state index is 13.2. The molecule has 5 nitrogen and oxygen atoms in total. The Morgan fingerprint density at radius 1 is 1.26 bits per heavy atom. The van der Waals surface area contributed by atoms with Crippen molar-refractivity contribution in [1.82, 2.24) is 4.90 Å². The number of anilines is 1. The lowest BCUT2D eigenvalue weighted by molar-refractivity contribution is 0.0593. The van der Waals surface area contributed by atoms with E-state index in [1.807, 2.05) is 48.2 Å². The number of carbonyl (C=O) groups is 1. The molecule has 1 N–H and O–H groups in total. The number of hydrogen-bond donors (Lipinski definition) is 1. The van der Waals surface area contributed by atoms with Crippen molar-refractivity contribution in [3.8, 4) is 11.5 Å². The van der Waals surface area contributed by atoms with Gasteiger partial charge in [0.15, 0.2) is 11.5 Å². The Kier molecular flexibility index (Phi) is 5.80. The lowest BCUT2D eigenvalue weighted by Crippen LogP contribution is -2.47. The molecule has 27 heavy (non-hydrogen) atoms. The first-order valence-corrected chi connectivity index (χ1v) is 9.58. The predicted octanol–water partition coefficient (Wildman–Crippen LogP) is 5.11. The maximum Gasteiger partial charge on any atom is 0.258 e. The zero-order valence-electron chi connectivity index (χ0n) is 16.1. The van der Waals surface area contributed by atoms with Crippen molar-refractivity contribution < 1.29 is 14.3 Å². The number of nitrogens with zero attached hydrogens (tertiary/aromatic N) is 1. The van der Waals surface area contributed by atoms with Crippen molar-refractivity contribution in [2.45, 2.75) is 39.4 Å². The van der Waals surface area contributed by atoms with Crippen LogP contribution in [0.1, 0.15) is 49.3 Å². The van der Waals surface area contributed by atoms with Gasteiger partial charge < -0.3 is 19.7 Å². The number of benzene rings is 2. The summed E-state index contributed by atoms with van der Waals surface area (Å²) < 4.78 is 11.1. The number of fused-ring (bicyclic) bond motifs is 1. The average Bonchev–Trinajstić information content (AvgIpc) is 2.67. The number of ether oxygens (including phenoxy) is 2. The highest BCUT2D eigenvalue weighted by Crippen LogP contribution is 2.41. The van der Waals surface area contributed by atoms with Crippen molar-refractivity contribution in [3.63, 3.8) is 0 Å². The van der Waals surface area contributed by atoms with Crippen molar-refractivity contribution in [2.24, 2.45) is 0 Å². The molecule has 0 fully saturated rings. The molecule has 0 saturated carbocycles. The lowest BCUT2D eigenvalue weighted by Gasteiger charge is -2.41. The molecule has 1 heterocycles. The van der Waals surface area contributed by atoms with Gasteiger partial charge in [-0.1, -0.05) is 30.7 Å². The van der Waals surface area contributed by atoms with Gasteiger partial charge in [0.1, 0.15) is 6.17 Å². The molecule has 0 saturated heterocycles. The van der Waals surface area contributed by atoms with Gasteiger partial charge in [-0.3, -0.25) is 4.79 Å². The molecule has 6 heteroatoms. The monoisotopic (exact) mass is 388 g/mol. The predicted molar refractivity (Wildman–Crippen MR) is 108 cm³/mol. The summed E-state index contributed by atoms with van der Waals surface area (Å²) in [5, 5.41) is 3.95. The molecule has 0 aliphatic carbocycles. The number of rotatable bonds is 6. The summed E-state index contributed by atoms with van der Waals surface area (Å²) in [6.45, 7) is 6.52. The van der Waals surface area contributed by atoms with Crippen molar-refractivity contribution in [3.05, 3.63) is 52.5 Å². The average molecular weight is 389 g/mol. The Labute approximate surface area is 165 Å². The highest BCUT2D eigenvalue weighted by molar-refractivity contribution is 6.32. The van der Waals surface area contributed by atoms with Gasteiger partial charge in [-0.25, -0.2) is 0 Å². The molecule has 1 aliphatic rings. The Morgan fingerprint density at radius 3 is 2.67 bits per heavy atom. The summed E-state index contributed by atoms with van der Waals surface area (Å²) in [6.07, 6.45) is 0.499. The van der Waals surface area contributed by atoms with E-state index in [0.717, 1.165) is 17.7 Å². The molecule has 144 valence electrons. The summed E-state index contributed by atoms with van der Waals surface area (Å²) in [4.78, 5) is 15.1. The van der Waals surface area contributed by atoms with Crippen molar-refractivity contribution in [2.75, 3.05) is 19.0 Å². The number of methoxy groups -OCH3 is 1. The zero-order valence-corrected chi connectivity index (χ0v) is 16.8. The molecule has 0 spiro atoms. The SMILES string of the molecule is CCOc1cc([C@@H]2Nc3ccccc3C(=O)N2[C@H](C)CC)cc(Cl)c1OC. The standard InChI is InChI=1S/C21H25ClN2O3/c1-5-13(3)24-20(23-17-10-8-7-9-15(17)21(24)25)14-11-16(22)19(26-4)18(12-14)27-6-2/h7-13,20,23H,5-6H2,1-4H3/t13-,20-/m1/s1. The molecular weight excluding hydrogens is 364 g/mol. The molecule has 3 rings (SSSR count). The van der Waals surface area contributed by atoms with E-state index < -0.39 is 0 Å². The number of para-hydroxylation sites is 1. The van der Waals surface area contributed by atoms with Crippen LogP contribution < -0.4 is 14.8 Å². The van der Waals surface area contributed by atoms with Gasteiger partial charge in [-0.2, -0.15) is 0 Å². The third kappa shape index (κ3) is 3.56. The van der Waals surface area contributed by atoms with Gasteiger partial charge in [0.2, 0.25) is 0 Å². The van der Waals surface area contributed by atoms with Crippen LogP contribution in [0.3, 0.4) is 0 Å². The summed E-state index contributed by atoms with van der Waals surface area (Å²) in [7, 11) is 1.56. The molecule has 0 radical (unpaired) electrons. The molecule has 0 bridgehead atoms. The van der Waals surface area contributed by atoms with E-state index in [9.17, 15) is 4.79 Å². The number of carbonyl (C=O) groups excluding carboxylic acids is 1. The van der Waals surface area contributed by atoms with E-state index in [2.05, 4.69) is 19.2 Å². The highest BCUT2D eigenvalue weighted by Gasteiger charge is 2.36. The van der Waals surface area contributed by atoms with Gasteiger partial charge in [0.25, 0.3) is 5.91 Å². The first-order chi connectivity index (χ1) is 13.0. The number of amides is 1. The van der Waals surface area contributed by atoms with E-state index in [1.165, 1.54) is 0 Å². The number of hydrogen-bond acceptors (Lipinski definition) is 4. The Balaban J connectivity index is 2.12. The summed E-state index contributed by atoms with van der Waals surface area (Å²) in [5.41, 5.74) is 2.35. The second-order valence-corrected chi connectivity index (χ2v) is 6.94. The number of halogens is 1. The quantitative estimate of drug-likeness (QED) is 0.746. The second-order valence-electron chi connectivity index (χ2n) is 6.53. The second kappa shape index (κ2) is 8.09. The fourth-order valence-corrected chi connectivity index (χ4v) is 3.67. The van der Waals surface area contributed by atoms with Crippen molar-refractivity contribution in [1.29, 1.82) is 0 Å². The van der Waals surface area contributed by atoms with E-state index >= 15 is 0 Å². The molecular formula is C21H25ClN2O3. The van der Waals surface area contributed by atoms with Crippen LogP contribution >= 0.6 is 11.6 Å². The minimum absolute atomic E-state index is 0.00796. The molecule has 2 aromatic carbocycles. The Morgan fingerprint density at radius 2 is 2.00 bits per heavy atom. The highest BCUT2D eigenvalue weighted by atomic mass is 35.5. The first-order valence-electron chi connectivity index (χ1n) is 9.20. The van der Waals surface area contributed by atoms with Gasteiger partial charge in [0, 0.05) is 17.3 Å². The van der Waals surface area contributed by atoms with Crippen LogP contribution in [-0.2, 0) is 0 Å². The minimum Gasteiger partial charge on any atom is -0.491 e. The molecule has 2 atom stereocenters. The summed E-state index contributed by atoms with van der Waals surface area (Å²) in [6, 6.07) is 11.3. The Hall–Kier alpha value is -2.40. The van der Waals surface area contributed by atoms with E-state index in [-0.39, 0.29) is 18.1 Å². The van der Waals surface area contributed by atoms with Crippen LogP contribution in [0.15, 0.2) is 36.4 Å². The van der Waals surface area contributed by atoms with Crippen LogP contribution in [-0.4, -0.2) is 30.6 Å². The Bertz CT molecular complexity index is 840. The third-order valence-electron chi connectivity index (χ3n) is 4.88. The third-order valence-corrected chi connectivity index (χ3v) is 5.16. The van der Waals surface area contributed by atoms with Crippen LogP contribution in [0.2, 0.25) is 5.02 Å². The zero-order chi connectivity index (χ0) is 19.6. The van der Waals surface area contributed by atoms with Gasteiger partial charge in [0.05, 0.1) is 24.3 Å². The molecule has 0 aromatic heterocycles. The fourth-order valence-electron chi connectivity index (χ4n) is 3.37. The fraction of sp³-hybridized carbons (Fsp3) is 0.381. The minimum atomic E-state index is -0.343. The topological polar surface area (TPSA) is 50.8 Å². The normalized spacial score (nSPS) is 17.1. The molecule has 0 unspecified atom stereocenters. The number of nitrogens with one attached hydrogen (secondary N) is 1. The van der Waals surface area contributed by atoms with E-state index in [4.69, 9.17) is 21.1 Å². The van der Waals surface area contributed by atoms with E-state index in [1.54, 1.807) is 7.11 Å². The first kappa shape index (κ1) is 19.4. The van der Waals surface area contributed by atoms with Crippen LogP contribution in [0.4, 0.5) is 5.69 Å². The van der Waals surface area contributed by atoms with Gasteiger partial charge in [-0.05, 0) is 44.5 Å². The largest absolute Gasteiger partial charge is 0.491 e. The summed E-state index contributed by atoms with van der Waals surface area (Å²) in [5.74, 6) is 1.08. The van der Waals surface area contributed by atoms with Crippen LogP contribution in [0.5, 0.6) is 11.5 Å². The van der Waals surface area contributed by atoms with Crippen molar-refractivity contribution >= 4 is 23.2 Å². The lowest BCUT2D eigenvalue weighted by atomic mass is 10.0. The maximum atomic E-state index is 13.2. The molecule has 1 aliphatic heterocycles. The molecule has 2 aromatic rings. The van der Waals surface area contributed by atoms with Gasteiger partial charge in [-0.15, -0.1) is 0 Å². The van der Waals surface area contributed by atoms with Crippen LogP contribution in [0, 0.1) is 0 Å². The smallest absolute Gasteiger partial charge is 0.258 e. The summed E-state index contributed by atoms with van der Waals surface area (Å²) >= 11 is 6.45. The van der Waals surface area contributed by atoms with Crippen LogP contribution in [0.25, 0.3) is 0 Å². The van der Waals surface area contributed by atoms with E-state index in [0.29, 0.717) is 28.7 Å². The molecule has 1 amide bonds.